The summed E-state index contributed by atoms with van der Waals surface area (Å²) in [5.74, 6) is 2.51. The molecular weight excluding hydrogens is 272 g/mol. The van der Waals surface area contributed by atoms with Crippen LogP contribution in [0.4, 0.5) is 0 Å². The molecule has 0 saturated heterocycles. The van der Waals surface area contributed by atoms with Crippen molar-refractivity contribution >= 4 is 0 Å². The molecule has 2 aliphatic carbocycles. The van der Waals surface area contributed by atoms with E-state index in [1.54, 1.807) is 0 Å². The molecule has 0 amide bonds. The summed E-state index contributed by atoms with van der Waals surface area (Å²) in [4.78, 5) is 0. The second-order valence-corrected chi connectivity index (χ2v) is 8.88. The molecule has 132 valence electrons. The average molecular weight is 313 g/mol. The number of hydrogen-bond acceptors (Lipinski definition) is 2. The Hall–Kier alpha value is -0.0800. The third kappa shape index (κ3) is 5.53. The SMILES string of the molecule is CC1CCC(O)(C(C)C)CC1.CC1CCC(O)(C(C)C)CC1. The molecule has 0 heterocycles. The average Bonchev–Trinajstić information content (AvgIpc) is 2.46. The maximum absolute atomic E-state index is 10.1. The van der Waals surface area contributed by atoms with Crippen LogP contribution in [0.15, 0.2) is 0 Å². The highest BCUT2D eigenvalue weighted by molar-refractivity contribution is 4.87. The molecule has 2 fully saturated rings. The maximum atomic E-state index is 10.1. The molecule has 0 radical (unpaired) electrons. The van der Waals surface area contributed by atoms with Gasteiger partial charge in [-0.05, 0) is 75.0 Å². The monoisotopic (exact) mass is 312 g/mol. The quantitative estimate of drug-likeness (QED) is 0.738. The van der Waals surface area contributed by atoms with E-state index in [-0.39, 0.29) is 11.2 Å². The largest absolute Gasteiger partial charge is 0.390 e. The molecular formula is C20H40O2. The Kier molecular flexibility index (Phi) is 7.39. The molecule has 0 aromatic carbocycles. The lowest BCUT2D eigenvalue weighted by molar-refractivity contribution is -0.0462. The lowest BCUT2D eigenvalue weighted by Gasteiger charge is -2.38. The third-order valence-corrected chi connectivity index (χ3v) is 6.43. The van der Waals surface area contributed by atoms with Crippen molar-refractivity contribution < 1.29 is 10.2 Å². The van der Waals surface area contributed by atoms with E-state index in [1.165, 1.54) is 25.7 Å². The fourth-order valence-corrected chi connectivity index (χ4v) is 3.68. The van der Waals surface area contributed by atoms with Gasteiger partial charge in [0.2, 0.25) is 0 Å². The van der Waals surface area contributed by atoms with E-state index in [9.17, 15) is 10.2 Å². The van der Waals surface area contributed by atoms with Gasteiger partial charge in [0.1, 0.15) is 0 Å². The highest BCUT2D eigenvalue weighted by Gasteiger charge is 2.35. The van der Waals surface area contributed by atoms with E-state index in [4.69, 9.17) is 0 Å². The summed E-state index contributed by atoms with van der Waals surface area (Å²) in [6.07, 6.45) is 8.84. The van der Waals surface area contributed by atoms with Gasteiger partial charge in [-0.3, -0.25) is 0 Å². The molecule has 0 atom stereocenters. The van der Waals surface area contributed by atoms with Crippen LogP contribution >= 0.6 is 0 Å². The first-order valence-corrected chi connectivity index (χ1v) is 9.54. The summed E-state index contributed by atoms with van der Waals surface area (Å²) in [5, 5.41) is 20.1. The Morgan fingerprint density at radius 1 is 0.636 bits per heavy atom. The van der Waals surface area contributed by atoms with Crippen LogP contribution in [-0.4, -0.2) is 21.4 Å². The Bertz CT molecular complexity index is 274. The van der Waals surface area contributed by atoms with E-state index >= 15 is 0 Å². The van der Waals surface area contributed by atoms with Crippen molar-refractivity contribution in [1.82, 2.24) is 0 Å². The molecule has 0 aromatic heterocycles. The molecule has 22 heavy (non-hydrogen) atoms. The third-order valence-electron chi connectivity index (χ3n) is 6.43. The van der Waals surface area contributed by atoms with E-state index in [0.717, 1.165) is 37.5 Å². The van der Waals surface area contributed by atoms with Gasteiger partial charge in [0, 0.05) is 0 Å². The lowest BCUT2D eigenvalue weighted by Crippen LogP contribution is -2.38. The normalized spacial score (nSPS) is 39.5. The van der Waals surface area contributed by atoms with Crippen LogP contribution in [0, 0.1) is 23.7 Å². The highest BCUT2D eigenvalue weighted by Crippen LogP contribution is 2.37. The van der Waals surface area contributed by atoms with Crippen LogP contribution in [-0.2, 0) is 0 Å². The molecule has 0 bridgehead atoms. The van der Waals surface area contributed by atoms with Gasteiger partial charge in [-0.2, -0.15) is 0 Å². The first-order chi connectivity index (χ1) is 10.1. The fraction of sp³-hybridized carbons (Fsp3) is 1.00. The summed E-state index contributed by atoms with van der Waals surface area (Å²) in [6, 6.07) is 0. The smallest absolute Gasteiger partial charge is 0.0670 e. The Morgan fingerprint density at radius 3 is 1.05 bits per heavy atom. The van der Waals surface area contributed by atoms with Gasteiger partial charge < -0.3 is 10.2 Å². The zero-order valence-corrected chi connectivity index (χ0v) is 15.9. The van der Waals surface area contributed by atoms with E-state index in [2.05, 4.69) is 41.5 Å². The molecule has 0 aromatic rings. The second kappa shape index (κ2) is 8.15. The number of rotatable bonds is 2. The van der Waals surface area contributed by atoms with E-state index in [0.29, 0.717) is 11.8 Å². The van der Waals surface area contributed by atoms with Crippen LogP contribution in [0.5, 0.6) is 0 Å². The van der Waals surface area contributed by atoms with Crippen molar-refractivity contribution in [2.45, 2.75) is 104 Å². The van der Waals surface area contributed by atoms with Crippen molar-refractivity contribution in [1.29, 1.82) is 0 Å². The molecule has 0 aliphatic heterocycles. The molecule has 2 aliphatic rings. The summed E-state index contributed by atoms with van der Waals surface area (Å²) in [5.41, 5.74) is -0.682. The van der Waals surface area contributed by atoms with Gasteiger partial charge >= 0.3 is 0 Å². The number of aliphatic hydroxyl groups is 2. The van der Waals surface area contributed by atoms with Crippen LogP contribution in [0.1, 0.15) is 92.9 Å². The minimum Gasteiger partial charge on any atom is -0.390 e. The molecule has 0 unspecified atom stereocenters. The van der Waals surface area contributed by atoms with Crippen molar-refractivity contribution in [3.8, 4) is 0 Å². The maximum Gasteiger partial charge on any atom is 0.0670 e. The second-order valence-electron chi connectivity index (χ2n) is 8.88. The van der Waals surface area contributed by atoms with Gasteiger partial charge in [-0.1, -0.05) is 41.5 Å². The van der Waals surface area contributed by atoms with Crippen LogP contribution in [0.25, 0.3) is 0 Å². The molecule has 0 spiro atoms. The van der Waals surface area contributed by atoms with Gasteiger partial charge in [0.05, 0.1) is 11.2 Å². The van der Waals surface area contributed by atoms with Crippen molar-refractivity contribution in [3.63, 3.8) is 0 Å². The molecule has 2 heteroatoms. The van der Waals surface area contributed by atoms with E-state index < -0.39 is 0 Å². The summed E-state index contributed by atoms with van der Waals surface area (Å²) in [6.45, 7) is 13.0. The topological polar surface area (TPSA) is 40.5 Å². The van der Waals surface area contributed by atoms with Crippen LogP contribution in [0.2, 0.25) is 0 Å². The Morgan fingerprint density at radius 2 is 0.864 bits per heavy atom. The highest BCUT2D eigenvalue weighted by atomic mass is 16.3. The zero-order valence-electron chi connectivity index (χ0n) is 15.9. The predicted octanol–water partition coefficient (Wildman–Crippen LogP) is 5.17. The molecule has 2 nitrogen and oxygen atoms in total. The molecule has 2 rings (SSSR count). The van der Waals surface area contributed by atoms with Crippen molar-refractivity contribution in [2.24, 2.45) is 23.7 Å². The van der Waals surface area contributed by atoms with Crippen molar-refractivity contribution in [3.05, 3.63) is 0 Å². The van der Waals surface area contributed by atoms with Crippen LogP contribution < -0.4 is 0 Å². The van der Waals surface area contributed by atoms with Gasteiger partial charge in [0.25, 0.3) is 0 Å². The van der Waals surface area contributed by atoms with Gasteiger partial charge in [-0.25, -0.2) is 0 Å². The predicted molar refractivity (Wildman–Crippen MR) is 94.8 cm³/mol. The zero-order chi connectivity index (χ0) is 17.0. The first-order valence-electron chi connectivity index (χ1n) is 9.54. The minimum atomic E-state index is -0.341. The number of hydrogen-bond donors (Lipinski definition) is 2. The summed E-state index contributed by atoms with van der Waals surface area (Å²) >= 11 is 0. The Labute approximate surface area is 138 Å². The minimum absolute atomic E-state index is 0.341. The lowest BCUT2D eigenvalue weighted by atomic mass is 9.74. The Balaban J connectivity index is 0.000000220. The molecule has 2 N–H and O–H groups in total. The van der Waals surface area contributed by atoms with Gasteiger partial charge in [-0.15, -0.1) is 0 Å². The summed E-state index contributed by atoms with van der Waals surface area (Å²) < 4.78 is 0. The standard InChI is InChI=1S/2C10H20O/c2*1-8(2)10(11)6-4-9(3)5-7-10/h2*8-9,11H,4-7H2,1-3H3. The summed E-state index contributed by atoms with van der Waals surface area (Å²) in [7, 11) is 0. The van der Waals surface area contributed by atoms with Gasteiger partial charge in [0.15, 0.2) is 0 Å². The van der Waals surface area contributed by atoms with Crippen LogP contribution in [0.3, 0.4) is 0 Å². The van der Waals surface area contributed by atoms with E-state index in [1.807, 2.05) is 0 Å². The van der Waals surface area contributed by atoms with Crippen molar-refractivity contribution in [2.75, 3.05) is 0 Å². The first kappa shape index (κ1) is 20.0. The fourth-order valence-electron chi connectivity index (χ4n) is 3.68. The molecule has 2 saturated carbocycles.